The summed E-state index contributed by atoms with van der Waals surface area (Å²) < 4.78 is 13.6. The van der Waals surface area contributed by atoms with Crippen molar-refractivity contribution in [3.8, 4) is 0 Å². The van der Waals surface area contributed by atoms with Gasteiger partial charge in [0.2, 0.25) is 0 Å². The van der Waals surface area contributed by atoms with Crippen LogP contribution in [0.15, 0.2) is 18.2 Å². The van der Waals surface area contributed by atoms with Gasteiger partial charge in [-0.1, -0.05) is 11.6 Å². The Morgan fingerprint density at radius 2 is 2.33 bits per heavy atom. The van der Waals surface area contributed by atoms with Crippen LogP contribution in [-0.4, -0.2) is 24.5 Å². The van der Waals surface area contributed by atoms with Crippen LogP contribution in [-0.2, 0) is 0 Å². The smallest absolute Gasteiger partial charge is 0.254 e. The van der Waals surface area contributed by atoms with E-state index in [0.717, 1.165) is 25.5 Å². The van der Waals surface area contributed by atoms with Gasteiger partial charge in [-0.05, 0) is 44.5 Å². The molecule has 1 saturated heterocycles. The summed E-state index contributed by atoms with van der Waals surface area (Å²) in [5, 5.41) is 6.46. The highest BCUT2D eigenvalue weighted by Gasteiger charge is 2.21. The zero-order valence-electron chi connectivity index (χ0n) is 10.2. The largest absolute Gasteiger partial charge is 0.349 e. The third-order valence-corrected chi connectivity index (χ3v) is 3.37. The third kappa shape index (κ3) is 3.21. The molecule has 2 N–H and O–H groups in total. The molecule has 1 aromatic rings. The Morgan fingerprint density at radius 1 is 1.56 bits per heavy atom. The summed E-state index contributed by atoms with van der Waals surface area (Å²) in [4.78, 5) is 11.9. The number of carbonyl (C=O) groups is 1. The molecular weight excluding hydrogens is 255 g/mol. The highest BCUT2D eigenvalue weighted by molar-refractivity contribution is 6.30. The maximum Gasteiger partial charge on any atom is 0.254 e. The average molecular weight is 271 g/mol. The molecule has 2 atom stereocenters. The zero-order chi connectivity index (χ0) is 13.1. The fourth-order valence-corrected chi connectivity index (χ4v) is 2.36. The van der Waals surface area contributed by atoms with Gasteiger partial charge in [-0.2, -0.15) is 0 Å². The molecule has 1 amide bonds. The summed E-state index contributed by atoms with van der Waals surface area (Å²) in [5.74, 6) is -0.953. The monoisotopic (exact) mass is 270 g/mol. The van der Waals surface area contributed by atoms with Crippen molar-refractivity contribution >= 4 is 17.5 Å². The lowest BCUT2D eigenvalue weighted by Crippen LogP contribution is -2.46. The van der Waals surface area contributed by atoms with E-state index in [-0.39, 0.29) is 17.5 Å². The van der Waals surface area contributed by atoms with E-state index in [9.17, 15) is 9.18 Å². The van der Waals surface area contributed by atoms with Gasteiger partial charge >= 0.3 is 0 Å². The molecular formula is C13H16ClFN2O. The lowest BCUT2D eigenvalue weighted by atomic mass is 10.0. The molecule has 0 radical (unpaired) electrons. The molecule has 0 bridgehead atoms. The van der Waals surface area contributed by atoms with Gasteiger partial charge in [0.25, 0.3) is 5.91 Å². The van der Waals surface area contributed by atoms with E-state index < -0.39 is 5.82 Å². The first kappa shape index (κ1) is 13.3. The molecule has 18 heavy (non-hydrogen) atoms. The van der Waals surface area contributed by atoms with Gasteiger partial charge in [0.05, 0.1) is 5.56 Å². The van der Waals surface area contributed by atoms with Gasteiger partial charge in [0.1, 0.15) is 5.82 Å². The van der Waals surface area contributed by atoms with Gasteiger partial charge in [-0.25, -0.2) is 4.39 Å². The molecule has 5 heteroatoms. The number of hydrogen-bond acceptors (Lipinski definition) is 2. The third-order valence-electron chi connectivity index (χ3n) is 3.13. The van der Waals surface area contributed by atoms with Crippen molar-refractivity contribution in [2.75, 3.05) is 6.54 Å². The summed E-state index contributed by atoms with van der Waals surface area (Å²) in [5.41, 5.74) is 0.0468. The molecule has 1 aliphatic rings. The second kappa shape index (κ2) is 5.67. The Hall–Kier alpha value is -1.13. The van der Waals surface area contributed by atoms with Gasteiger partial charge < -0.3 is 10.6 Å². The summed E-state index contributed by atoms with van der Waals surface area (Å²) in [7, 11) is 0. The van der Waals surface area contributed by atoms with E-state index in [1.54, 1.807) is 0 Å². The minimum absolute atomic E-state index is 0.0468. The Kier molecular flexibility index (Phi) is 4.19. The van der Waals surface area contributed by atoms with Crippen LogP contribution in [0.3, 0.4) is 0 Å². The summed E-state index contributed by atoms with van der Waals surface area (Å²) in [6, 6.07) is 4.56. The maximum absolute atomic E-state index is 13.6. The van der Waals surface area contributed by atoms with Crippen molar-refractivity contribution in [3.05, 3.63) is 34.6 Å². The number of amides is 1. The molecule has 0 aromatic heterocycles. The van der Waals surface area contributed by atoms with Crippen molar-refractivity contribution in [2.24, 2.45) is 0 Å². The topological polar surface area (TPSA) is 41.1 Å². The van der Waals surface area contributed by atoms with Gasteiger partial charge in [-0.3, -0.25) is 4.79 Å². The average Bonchev–Trinajstić information content (AvgIpc) is 2.28. The molecule has 2 unspecified atom stereocenters. The van der Waals surface area contributed by atoms with Crippen LogP contribution in [0.5, 0.6) is 0 Å². The molecule has 1 aromatic carbocycles. The molecule has 1 fully saturated rings. The van der Waals surface area contributed by atoms with Crippen molar-refractivity contribution in [1.29, 1.82) is 0 Å². The second-order valence-corrected chi connectivity index (χ2v) is 5.11. The van der Waals surface area contributed by atoms with Crippen LogP contribution in [0.4, 0.5) is 4.39 Å². The van der Waals surface area contributed by atoms with Crippen molar-refractivity contribution in [2.45, 2.75) is 31.8 Å². The van der Waals surface area contributed by atoms with Crippen LogP contribution in [0, 0.1) is 5.82 Å². The summed E-state index contributed by atoms with van der Waals surface area (Å²) >= 11 is 5.65. The van der Waals surface area contributed by atoms with Crippen molar-refractivity contribution in [3.63, 3.8) is 0 Å². The Morgan fingerprint density at radius 3 is 3.00 bits per heavy atom. The summed E-state index contributed by atoms with van der Waals surface area (Å²) in [6.45, 7) is 2.94. The molecule has 1 aliphatic heterocycles. The summed E-state index contributed by atoms with van der Waals surface area (Å²) in [6.07, 6.45) is 1.73. The first-order chi connectivity index (χ1) is 8.56. The molecule has 1 heterocycles. The predicted molar refractivity (Wildman–Crippen MR) is 69.4 cm³/mol. The number of nitrogens with one attached hydrogen (secondary N) is 2. The van der Waals surface area contributed by atoms with Crippen LogP contribution in [0.25, 0.3) is 0 Å². The number of benzene rings is 1. The minimum Gasteiger partial charge on any atom is -0.349 e. The minimum atomic E-state index is -0.581. The molecule has 98 valence electrons. The number of rotatable bonds is 2. The highest BCUT2D eigenvalue weighted by atomic mass is 35.5. The lowest BCUT2D eigenvalue weighted by molar-refractivity contribution is 0.0921. The second-order valence-electron chi connectivity index (χ2n) is 4.67. The number of hydrogen-bond donors (Lipinski definition) is 2. The van der Waals surface area contributed by atoms with Crippen molar-refractivity contribution in [1.82, 2.24) is 10.6 Å². The molecule has 3 nitrogen and oxygen atoms in total. The van der Waals surface area contributed by atoms with Crippen LogP contribution >= 0.6 is 11.6 Å². The van der Waals surface area contributed by atoms with E-state index in [0.29, 0.717) is 11.1 Å². The number of halogens is 2. The normalized spacial score (nSPS) is 23.7. The Bertz CT molecular complexity index is 453. The lowest BCUT2D eigenvalue weighted by Gasteiger charge is -2.28. The van der Waals surface area contributed by atoms with Gasteiger partial charge in [-0.15, -0.1) is 0 Å². The van der Waals surface area contributed by atoms with Crippen molar-refractivity contribution < 1.29 is 9.18 Å². The van der Waals surface area contributed by atoms with E-state index in [1.807, 2.05) is 0 Å². The van der Waals surface area contributed by atoms with Gasteiger partial charge in [0, 0.05) is 17.1 Å². The van der Waals surface area contributed by atoms with Gasteiger partial charge in [0.15, 0.2) is 0 Å². The molecule has 0 aliphatic carbocycles. The van der Waals surface area contributed by atoms with Crippen LogP contribution in [0.2, 0.25) is 5.02 Å². The number of carbonyl (C=O) groups excluding carboxylic acids is 1. The zero-order valence-corrected chi connectivity index (χ0v) is 10.9. The molecule has 0 spiro atoms. The predicted octanol–water partition coefficient (Wildman–Crippen LogP) is 2.35. The fourth-order valence-electron chi connectivity index (χ4n) is 2.20. The molecule has 2 rings (SSSR count). The molecule has 0 saturated carbocycles. The van der Waals surface area contributed by atoms with E-state index >= 15 is 0 Å². The number of piperidine rings is 1. The van der Waals surface area contributed by atoms with E-state index in [1.165, 1.54) is 12.1 Å². The van der Waals surface area contributed by atoms with Crippen LogP contribution in [0.1, 0.15) is 30.1 Å². The standard InChI is InChI=1S/C13H16ClFN2O/c1-8-6-10(4-5-16-8)17-13(18)11-3-2-9(14)7-12(11)15/h2-3,7-8,10,16H,4-6H2,1H3,(H,17,18). The Balaban J connectivity index is 2.03. The van der Waals surface area contributed by atoms with Crippen LogP contribution < -0.4 is 10.6 Å². The quantitative estimate of drug-likeness (QED) is 0.866. The van der Waals surface area contributed by atoms with E-state index in [2.05, 4.69) is 17.6 Å². The highest BCUT2D eigenvalue weighted by Crippen LogP contribution is 2.15. The first-order valence-corrected chi connectivity index (χ1v) is 6.43. The maximum atomic E-state index is 13.6. The fraction of sp³-hybridized carbons (Fsp3) is 0.462. The van der Waals surface area contributed by atoms with E-state index in [4.69, 9.17) is 11.6 Å². The first-order valence-electron chi connectivity index (χ1n) is 6.05. The Labute approximate surface area is 111 Å². The SMILES string of the molecule is CC1CC(NC(=O)c2ccc(Cl)cc2F)CCN1.